The fraction of sp³-hybridized carbons (Fsp3) is 0.417. The molecule has 3 nitrogen and oxygen atoms in total. The summed E-state index contributed by atoms with van der Waals surface area (Å²) in [4.78, 5) is 10.8. The molecular formula is C12H13FO3. The predicted molar refractivity (Wildman–Crippen MR) is 55.7 cm³/mol. The van der Waals surface area contributed by atoms with Crippen molar-refractivity contribution in [2.45, 2.75) is 31.3 Å². The van der Waals surface area contributed by atoms with Gasteiger partial charge in [0.1, 0.15) is 5.82 Å². The molecule has 0 aromatic heterocycles. The molecule has 1 fully saturated rings. The van der Waals surface area contributed by atoms with Crippen LogP contribution in [0.1, 0.15) is 24.0 Å². The van der Waals surface area contributed by atoms with Gasteiger partial charge in [0.15, 0.2) is 6.10 Å². The minimum Gasteiger partial charge on any atom is -0.479 e. The van der Waals surface area contributed by atoms with Crippen molar-refractivity contribution in [3.63, 3.8) is 0 Å². The van der Waals surface area contributed by atoms with E-state index >= 15 is 0 Å². The van der Waals surface area contributed by atoms with Crippen LogP contribution in [0.25, 0.3) is 0 Å². The first-order valence-corrected chi connectivity index (χ1v) is 5.15. The van der Waals surface area contributed by atoms with Crippen molar-refractivity contribution in [1.82, 2.24) is 0 Å². The van der Waals surface area contributed by atoms with Crippen LogP contribution < -0.4 is 0 Å². The molecule has 1 saturated carbocycles. The third kappa shape index (κ3) is 1.50. The number of benzene rings is 1. The first-order chi connectivity index (χ1) is 7.49. The zero-order chi connectivity index (χ0) is 11.9. The summed E-state index contributed by atoms with van der Waals surface area (Å²) in [5.41, 5.74) is 0.264. The molecule has 0 bridgehead atoms. The number of rotatable bonds is 3. The summed E-state index contributed by atoms with van der Waals surface area (Å²) in [7, 11) is 0. The van der Waals surface area contributed by atoms with Gasteiger partial charge in [-0.2, -0.15) is 0 Å². The summed E-state index contributed by atoms with van der Waals surface area (Å²) in [6, 6.07) is 4.58. The van der Waals surface area contributed by atoms with Crippen LogP contribution in [-0.2, 0) is 10.2 Å². The molecule has 16 heavy (non-hydrogen) atoms. The number of carboxylic acids is 1. The molecule has 0 radical (unpaired) electrons. The molecule has 1 aliphatic carbocycles. The highest BCUT2D eigenvalue weighted by Gasteiger charge is 2.54. The van der Waals surface area contributed by atoms with Crippen molar-refractivity contribution in [2.75, 3.05) is 0 Å². The topological polar surface area (TPSA) is 57.5 Å². The molecule has 1 aliphatic rings. The second kappa shape index (κ2) is 3.56. The van der Waals surface area contributed by atoms with E-state index in [9.17, 15) is 14.3 Å². The summed E-state index contributed by atoms with van der Waals surface area (Å²) in [5.74, 6) is -1.61. The molecule has 1 atom stereocenters. The van der Waals surface area contributed by atoms with Gasteiger partial charge in [-0.25, -0.2) is 9.18 Å². The average Bonchev–Trinajstić information content (AvgIpc) is 3.02. The molecule has 1 aromatic rings. The number of halogens is 1. The van der Waals surface area contributed by atoms with Crippen LogP contribution in [0, 0.1) is 12.7 Å². The molecule has 0 aliphatic heterocycles. The maximum absolute atomic E-state index is 13.4. The Morgan fingerprint density at radius 3 is 2.62 bits per heavy atom. The Morgan fingerprint density at radius 2 is 2.12 bits per heavy atom. The van der Waals surface area contributed by atoms with Crippen LogP contribution >= 0.6 is 0 Å². The van der Waals surface area contributed by atoms with E-state index in [1.807, 2.05) is 0 Å². The second-order valence-corrected chi connectivity index (χ2v) is 4.31. The quantitative estimate of drug-likeness (QED) is 0.820. The van der Waals surface area contributed by atoms with Gasteiger partial charge < -0.3 is 10.2 Å². The highest BCUT2D eigenvalue weighted by atomic mass is 19.1. The molecule has 2 N–H and O–H groups in total. The van der Waals surface area contributed by atoms with Gasteiger partial charge in [-0.15, -0.1) is 0 Å². The lowest BCUT2D eigenvalue weighted by molar-refractivity contribution is -0.148. The fourth-order valence-electron chi connectivity index (χ4n) is 2.21. The van der Waals surface area contributed by atoms with Gasteiger partial charge in [0, 0.05) is 5.41 Å². The van der Waals surface area contributed by atoms with Crippen molar-refractivity contribution < 1.29 is 19.4 Å². The molecule has 0 amide bonds. The Bertz CT molecular complexity index is 438. The standard InChI is InChI=1S/C12H13FO3/c1-7-8(3-2-4-9(7)13)12(5-6-12)10(14)11(15)16/h2-4,10,14H,5-6H2,1H3,(H,15,16). The molecule has 86 valence electrons. The van der Waals surface area contributed by atoms with Gasteiger partial charge in [-0.05, 0) is 37.0 Å². The molecule has 1 aromatic carbocycles. The maximum Gasteiger partial charge on any atom is 0.333 e. The van der Waals surface area contributed by atoms with E-state index in [0.29, 0.717) is 24.0 Å². The van der Waals surface area contributed by atoms with Gasteiger partial charge in [-0.3, -0.25) is 0 Å². The van der Waals surface area contributed by atoms with E-state index in [2.05, 4.69) is 0 Å². The summed E-state index contributed by atoms with van der Waals surface area (Å²) in [6.07, 6.45) is -0.275. The zero-order valence-electron chi connectivity index (χ0n) is 8.90. The van der Waals surface area contributed by atoms with Gasteiger partial charge in [0.05, 0.1) is 0 Å². The van der Waals surface area contributed by atoms with Gasteiger partial charge in [-0.1, -0.05) is 12.1 Å². The van der Waals surface area contributed by atoms with Crippen molar-refractivity contribution in [3.8, 4) is 0 Å². The Hall–Kier alpha value is -1.42. The van der Waals surface area contributed by atoms with Crippen LogP contribution in [-0.4, -0.2) is 22.3 Å². The van der Waals surface area contributed by atoms with E-state index in [-0.39, 0.29) is 5.82 Å². The molecule has 0 saturated heterocycles. The van der Waals surface area contributed by atoms with E-state index in [4.69, 9.17) is 5.11 Å². The Labute approximate surface area is 92.5 Å². The normalized spacial score (nSPS) is 19.2. The molecule has 2 rings (SSSR count). The average molecular weight is 224 g/mol. The Morgan fingerprint density at radius 1 is 1.50 bits per heavy atom. The number of hydrogen-bond donors (Lipinski definition) is 2. The van der Waals surface area contributed by atoms with Crippen LogP contribution in [0.15, 0.2) is 18.2 Å². The van der Waals surface area contributed by atoms with Crippen LogP contribution in [0.2, 0.25) is 0 Å². The number of hydrogen-bond acceptors (Lipinski definition) is 2. The van der Waals surface area contributed by atoms with Crippen LogP contribution in [0.5, 0.6) is 0 Å². The zero-order valence-corrected chi connectivity index (χ0v) is 8.90. The lowest BCUT2D eigenvalue weighted by Gasteiger charge is -2.21. The Kier molecular flexibility index (Phi) is 2.46. The summed E-state index contributed by atoms with van der Waals surface area (Å²) >= 11 is 0. The molecule has 0 heterocycles. The van der Waals surface area contributed by atoms with E-state index in [1.54, 1.807) is 19.1 Å². The number of carboxylic acid groups (broad SMARTS) is 1. The molecule has 0 spiro atoms. The second-order valence-electron chi connectivity index (χ2n) is 4.31. The summed E-state index contributed by atoms with van der Waals surface area (Å²) < 4.78 is 13.4. The SMILES string of the molecule is Cc1c(F)cccc1C1(C(O)C(=O)O)CC1. The largest absolute Gasteiger partial charge is 0.479 e. The molecular weight excluding hydrogens is 211 g/mol. The van der Waals surface area contributed by atoms with E-state index < -0.39 is 17.5 Å². The highest BCUT2D eigenvalue weighted by Crippen LogP contribution is 2.52. The van der Waals surface area contributed by atoms with Crippen molar-refractivity contribution in [2.24, 2.45) is 0 Å². The van der Waals surface area contributed by atoms with Gasteiger partial charge >= 0.3 is 5.97 Å². The smallest absolute Gasteiger partial charge is 0.333 e. The fourth-order valence-corrected chi connectivity index (χ4v) is 2.21. The van der Waals surface area contributed by atoms with Crippen molar-refractivity contribution in [3.05, 3.63) is 35.1 Å². The minimum atomic E-state index is -1.45. The number of aliphatic carboxylic acids is 1. The monoisotopic (exact) mass is 224 g/mol. The molecule has 1 unspecified atom stereocenters. The molecule has 4 heteroatoms. The third-order valence-electron chi connectivity index (χ3n) is 3.35. The van der Waals surface area contributed by atoms with Crippen molar-refractivity contribution >= 4 is 5.97 Å². The third-order valence-corrected chi connectivity index (χ3v) is 3.35. The van der Waals surface area contributed by atoms with E-state index in [1.165, 1.54) is 6.07 Å². The Balaban J connectivity index is 2.45. The predicted octanol–water partition coefficient (Wildman–Crippen LogP) is 1.61. The van der Waals surface area contributed by atoms with Gasteiger partial charge in [0.25, 0.3) is 0 Å². The number of aliphatic hydroxyl groups is 1. The van der Waals surface area contributed by atoms with Crippen LogP contribution in [0.4, 0.5) is 4.39 Å². The number of aliphatic hydroxyl groups excluding tert-OH is 1. The van der Waals surface area contributed by atoms with Gasteiger partial charge in [0.2, 0.25) is 0 Å². The number of carbonyl (C=O) groups is 1. The summed E-state index contributed by atoms with van der Waals surface area (Å²) in [5, 5.41) is 18.5. The summed E-state index contributed by atoms with van der Waals surface area (Å²) in [6.45, 7) is 1.61. The lowest BCUT2D eigenvalue weighted by atomic mass is 9.87. The highest BCUT2D eigenvalue weighted by molar-refractivity contribution is 5.76. The minimum absolute atomic E-state index is 0.360. The maximum atomic E-state index is 13.4. The van der Waals surface area contributed by atoms with Crippen LogP contribution in [0.3, 0.4) is 0 Å². The van der Waals surface area contributed by atoms with E-state index in [0.717, 1.165) is 0 Å². The van der Waals surface area contributed by atoms with Crippen molar-refractivity contribution in [1.29, 1.82) is 0 Å². The first-order valence-electron chi connectivity index (χ1n) is 5.15. The first kappa shape index (κ1) is 11.1. The lowest BCUT2D eigenvalue weighted by Crippen LogP contribution is -2.34.